The minimum Gasteiger partial charge on any atom is -0.508 e. The predicted octanol–water partition coefficient (Wildman–Crippen LogP) is -2.94. The number of hydrogen-bond acceptors (Lipinski definition) is 11. The summed E-state index contributed by atoms with van der Waals surface area (Å²) in [6.45, 7) is -1.19. The summed E-state index contributed by atoms with van der Waals surface area (Å²) in [7, 11) is 0. The van der Waals surface area contributed by atoms with Crippen molar-refractivity contribution in [3.63, 3.8) is 0 Å². The highest BCUT2D eigenvalue weighted by Crippen LogP contribution is 2.35. The Morgan fingerprint density at radius 1 is 0.767 bits per heavy atom. The lowest BCUT2D eigenvalue weighted by molar-refractivity contribution is -0.278. The highest BCUT2D eigenvalue weighted by molar-refractivity contribution is 5.31. The zero-order chi connectivity index (χ0) is 22.0. The first-order valence-electron chi connectivity index (χ1n) is 9.65. The van der Waals surface area contributed by atoms with E-state index in [1.807, 2.05) is 0 Å². The van der Waals surface area contributed by atoms with Crippen LogP contribution in [0.5, 0.6) is 11.5 Å². The third-order valence-electron chi connectivity index (χ3n) is 5.59. The maximum absolute atomic E-state index is 10.7. The van der Waals surface area contributed by atoms with Gasteiger partial charge in [-0.25, -0.2) is 0 Å². The molecule has 1 aromatic carbocycles. The van der Waals surface area contributed by atoms with Crippen LogP contribution in [0, 0.1) is 5.92 Å². The second kappa shape index (κ2) is 9.73. The van der Waals surface area contributed by atoms with Crippen molar-refractivity contribution in [1.82, 2.24) is 0 Å². The molecule has 0 spiro atoms. The topological polar surface area (TPSA) is 190 Å². The Morgan fingerprint density at radius 2 is 1.40 bits per heavy atom. The largest absolute Gasteiger partial charge is 0.508 e. The molecule has 8 N–H and O–H groups in total. The third-order valence-corrected chi connectivity index (χ3v) is 5.59. The number of rotatable bonds is 6. The molecule has 3 rings (SSSR count). The summed E-state index contributed by atoms with van der Waals surface area (Å²) >= 11 is 0. The number of ether oxygens (including phenoxy) is 3. The average Bonchev–Trinajstić information content (AvgIpc) is 2.73. The van der Waals surface area contributed by atoms with Gasteiger partial charge in [-0.1, -0.05) is 6.07 Å². The Balaban J connectivity index is 1.77. The molecule has 30 heavy (non-hydrogen) atoms. The molecule has 0 bridgehead atoms. The van der Waals surface area contributed by atoms with Crippen LogP contribution in [0.3, 0.4) is 0 Å². The van der Waals surface area contributed by atoms with Gasteiger partial charge in [-0.2, -0.15) is 0 Å². The molecule has 2 saturated heterocycles. The SMILES string of the molecule is OCC1OC(CC2C(O)C(CO)OC(Oc3cccc(O)c3)C2O)C(O)C(O)C1O. The second-order valence-corrected chi connectivity index (χ2v) is 7.59. The molecule has 1 aromatic rings. The van der Waals surface area contributed by atoms with E-state index in [1.165, 1.54) is 24.3 Å². The summed E-state index contributed by atoms with van der Waals surface area (Å²) in [6.07, 6.45) is -12.3. The molecule has 2 aliphatic heterocycles. The lowest BCUT2D eigenvalue weighted by Gasteiger charge is -2.46. The van der Waals surface area contributed by atoms with Crippen LogP contribution in [0.15, 0.2) is 24.3 Å². The third kappa shape index (κ3) is 4.69. The van der Waals surface area contributed by atoms with E-state index in [2.05, 4.69) is 0 Å². The molecule has 0 aliphatic carbocycles. The zero-order valence-corrected chi connectivity index (χ0v) is 16.0. The van der Waals surface area contributed by atoms with E-state index in [0.717, 1.165) is 0 Å². The fourth-order valence-corrected chi connectivity index (χ4v) is 3.87. The number of benzene rings is 1. The second-order valence-electron chi connectivity index (χ2n) is 7.59. The molecule has 170 valence electrons. The van der Waals surface area contributed by atoms with Crippen LogP contribution in [0.4, 0.5) is 0 Å². The van der Waals surface area contributed by atoms with Gasteiger partial charge in [-0.05, 0) is 18.6 Å². The molecule has 0 amide bonds. The van der Waals surface area contributed by atoms with Crippen LogP contribution in [-0.4, -0.2) is 109 Å². The number of aliphatic hydroxyl groups excluding tert-OH is 7. The van der Waals surface area contributed by atoms with E-state index in [9.17, 15) is 40.9 Å². The molecule has 11 nitrogen and oxygen atoms in total. The number of aromatic hydroxyl groups is 1. The molecule has 2 fully saturated rings. The highest BCUT2D eigenvalue weighted by atomic mass is 16.7. The first-order chi connectivity index (χ1) is 14.3. The Bertz CT molecular complexity index is 686. The number of aliphatic hydroxyl groups is 7. The van der Waals surface area contributed by atoms with Crippen molar-refractivity contribution in [2.24, 2.45) is 5.92 Å². The maximum Gasteiger partial charge on any atom is 0.226 e. The quantitative estimate of drug-likeness (QED) is 0.229. The van der Waals surface area contributed by atoms with E-state index in [0.29, 0.717) is 0 Å². The molecule has 2 aliphatic rings. The first-order valence-corrected chi connectivity index (χ1v) is 9.65. The Morgan fingerprint density at radius 3 is 2.03 bits per heavy atom. The van der Waals surface area contributed by atoms with Gasteiger partial charge < -0.3 is 55.1 Å². The molecule has 0 radical (unpaired) electrons. The molecule has 11 heteroatoms. The zero-order valence-electron chi connectivity index (χ0n) is 16.0. The Hall–Kier alpha value is -1.54. The standard InChI is InChI=1S/C19H28O11/c20-6-12-14(23)10(5-11-16(25)18(27)17(26)13(7-21)29-11)15(24)19(30-12)28-9-3-1-2-8(22)4-9/h1-4,10-27H,5-7H2. The van der Waals surface area contributed by atoms with Gasteiger partial charge in [0.15, 0.2) is 0 Å². The molecule has 0 aromatic heterocycles. The monoisotopic (exact) mass is 432 g/mol. The fraction of sp³-hybridized carbons (Fsp3) is 0.684. The normalized spacial score (nSPS) is 42.1. The Labute approximate surface area is 172 Å². The summed E-state index contributed by atoms with van der Waals surface area (Å²) in [5.74, 6) is -0.909. The van der Waals surface area contributed by atoms with Gasteiger partial charge in [-0.3, -0.25) is 0 Å². The fourth-order valence-electron chi connectivity index (χ4n) is 3.87. The van der Waals surface area contributed by atoms with Crippen molar-refractivity contribution in [2.45, 2.75) is 61.5 Å². The summed E-state index contributed by atoms with van der Waals surface area (Å²) in [6, 6.07) is 5.75. The van der Waals surface area contributed by atoms with Gasteiger partial charge >= 0.3 is 0 Å². The first kappa shape index (κ1) is 23.1. The van der Waals surface area contributed by atoms with Gasteiger partial charge in [-0.15, -0.1) is 0 Å². The van der Waals surface area contributed by atoms with Crippen LogP contribution in [0.25, 0.3) is 0 Å². The van der Waals surface area contributed by atoms with Gasteiger partial charge in [0.1, 0.15) is 48.1 Å². The molecule has 2 heterocycles. The Kier molecular flexibility index (Phi) is 7.50. The number of hydrogen-bond donors (Lipinski definition) is 8. The van der Waals surface area contributed by atoms with E-state index in [4.69, 9.17) is 14.2 Å². The van der Waals surface area contributed by atoms with Gasteiger partial charge in [0, 0.05) is 12.0 Å². The summed E-state index contributed by atoms with van der Waals surface area (Å²) in [5, 5.41) is 79.9. The van der Waals surface area contributed by atoms with Crippen molar-refractivity contribution < 1.29 is 55.1 Å². The summed E-state index contributed by atoms with van der Waals surface area (Å²) in [5.41, 5.74) is 0. The maximum atomic E-state index is 10.7. The molecule has 10 atom stereocenters. The minimum atomic E-state index is -1.59. The molecule has 10 unspecified atom stereocenters. The van der Waals surface area contributed by atoms with Crippen LogP contribution < -0.4 is 4.74 Å². The predicted molar refractivity (Wildman–Crippen MR) is 98.4 cm³/mol. The van der Waals surface area contributed by atoms with Crippen molar-refractivity contribution >= 4 is 0 Å². The van der Waals surface area contributed by atoms with Crippen LogP contribution in [0.1, 0.15) is 6.42 Å². The molecular weight excluding hydrogens is 404 g/mol. The van der Waals surface area contributed by atoms with E-state index in [-0.39, 0.29) is 17.9 Å². The van der Waals surface area contributed by atoms with Crippen molar-refractivity contribution in [2.75, 3.05) is 13.2 Å². The van der Waals surface area contributed by atoms with E-state index >= 15 is 0 Å². The van der Waals surface area contributed by atoms with E-state index in [1.54, 1.807) is 0 Å². The average molecular weight is 432 g/mol. The smallest absolute Gasteiger partial charge is 0.226 e. The van der Waals surface area contributed by atoms with E-state index < -0.39 is 74.3 Å². The lowest BCUT2D eigenvalue weighted by atomic mass is 9.81. The van der Waals surface area contributed by atoms with Crippen LogP contribution >= 0.6 is 0 Å². The molecular formula is C19H28O11. The van der Waals surface area contributed by atoms with Gasteiger partial charge in [0.05, 0.1) is 25.4 Å². The van der Waals surface area contributed by atoms with Gasteiger partial charge in [0.25, 0.3) is 0 Å². The summed E-state index contributed by atoms with van der Waals surface area (Å²) in [4.78, 5) is 0. The van der Waals surface area contributed by atoms with Crippen LogP contribution in [0.2, 0.25) is 0 Å². The van der Waals surface area contributed by atoms with Crippen molar-refractivity contribution in [3.05, 3.63) is 24.3 Å². The van der Waals surface area contributed by atoms with Crippen molar-refractivity contribution in [3.8, 4) is 11.5 Å². The number of phenolic OH excluding ortho intramolecular Hbond substituents is 1. The lowest BCUT2D eigenvalue weighted by Crippen LogP contribution is -2.62. The molecule has 0 saturated carbocycles. The van der Waals surface area contributed by atoms with Crippen LogP contribution in [-0.2, 0) is 9.47 Å². The van der Waals surface area contributed by atoms with Gasteiger partial charge in [0.2, 0.25) is 6.29 Å². The van der Waals surface area contributed by atoms with Crippen molar-refractivity contribution in [1.29, 1.82) is 0 Å². The minimum absolute atomic E-state index is 0.0746. The summed E-state index contributed by atoms with van der Waals surface area (Å²) < 4.78 is 16.5. The highest BCUT2D eigenvalue weighted by Gasteiger charge is 2.50. The number of phenols is 1.